The molecule has 0 aliphatic carbocycles. The first-order valence-electron chi connectivity index (χ1n) is 5.56. The minimum Gasteiger partial charge on any atom is -0.481 e. The summed E-state index contributed by atoms with van der Waals surface area (Å²) in [6.45, 7) is 2.84. The highest BCUT2D eigenvalue weighted by molar-refractivity contribution is 5.67. The summed E-state index contributed by atoms with van der Waals surface area (Å²) in [4.78, 5) is 13.0. The van der Waals surface area contributed by atoms with E-state index in [1.54, 1.807) is 0 Å². The third-order valence-corrected chi connectivity index (χ3v) is 3.26. The summed E-state index contributed by atoms with van der Waals surface area (Å²) in [7, 11) is 2.02. The summed E-state index contributed by atoms with van der Waals surface area (Å²) >= 11 is 0. The Morgan fingerprint density at radius 1 is 1.62 bits per heavy atom. The Balaban J connectivity index is 2.18. The Kier molecular flexibility index (Phi) is 3.01. The lowest BCUT2D eigenvalue weighted by molar-refractivity contribution is -0.138. The molecule has 2 rings (SSSR count). The number of carboxylic acid groups (broad SMARTS) is 1. The van der Waals surface area contributed by atoms with Crippen molar-refractivity contribution < 1.29 is 14.3 Å². The number of carboxylic acids is 1. The van der Waals surface area contributed by atoms with Crippen LogP contribution in [-0.2, 0) is 4.79 Å². The van der Waals surface area contributed by atoms with Gasteiger partial charge in [0.25, 0.3) is 0 Å². The van der Waals surface area contributed by atoms with Gasteiger partial charge >= 0.3 is 5.97 Å². The number of likely N-dealkylation sites (tertiary alicyclic amines) is 1. The second-order valence-corrected chi connectivity index (χ2v) is 4.52. The van der Waals surface area contributed by atoms with E-state index in [2.05, 4.69) is 4.90 Å². The second kappa shape index (κ2) is 4.29. The molecule has 1 fully saturated rings. The fourth-order valence-corrected chi connectivity index (χ4v) is 2.53. The molecule has 0 radical (unpaired) electrons. The summed E-state index contributed by atoms with van der Waals surface area (Å²) in [6.07, 6.45) is 1.14. The highest BCUT2D eigenvalue weighted by Crippen LogP contribution is 2.38. The van der Waals surface area contributed by atoms with Crippen LogP contribution in [0.2, 0.25) is 0 Å². The van der Waals surface area contributed by atoms with Crippen LogP contribution in [0.15, 0.2) is 16.5 Å². The van der Waals surface area contributed by atoms with Gasteiger partial charge in [-0.2, -0.15) is 0 Å². The van der Waals surface area contributed by atoms with Crippen molar-refractivity contribution in [3.63, 3.8) is 0 Å². The van der Waals surface area contributed by atoms with Gasteiger partial charge in [0.2, 0.25) is 0 Å². The average Bonchev–Trinajstić information content (AvgIpc) is 2.73. The molecule has 1 aromatic heterocycles. The van der Waals surface area contributed by atoms with Crippen LogP contribution in [0.5, 0.6) is 0 Å². The third kappa shape index (κ3) is 2.11. The van der Waals surface area contributed by atoms with Gasteiger partial charge in [-0.05, 0) is 45.0 Å². The number of nitrogens with zero attached hydrogens (tertiary/aromatic N) is 1. The van der Waals surface area contributed by atoms with Crippen molar-refractivity contribution in [3.05, 3.63) is 23.7 Å². The minimum absolute atomic E-state index is 0.116. The molecule has 88 valence electrons. The van der Waals surface area contributed by atoms with E-state index in [1.807, 2.05) is 26.1 Å². The van der Waals surface area contributed by atoms with Gasteiger partial charge in [0.15, 0.2) is 0 Å². The van der Waals surface area contributed by atoms with E-state index in [1.165, 1.54) is 0 Å². The van der Waals surface area contributed by atoms with E-state index in [4.69, 9.17) is 9.52 Å². The van der Waals surface area contributed by atoms with Gasteiger partial charge in [0.05, 0.1) is 12.5 Å². The van der Waals surface area contributed by atoms with Crippen LogP contribution in [0.1, 0.15) is 30.4 Å². The Morgan fingerprint density at radius 2 is 2.38 bits per heavy atom. The van der Waals surface area contributed by atoms with Crippen LogP contribution in [0.4, 0.5) is 0 Å². The molecular weight excluding hydrogens is 206 g/mol. The topological polar surface area (TPSA) is 53.7 Å². The number of aliphatic carboxylic acids is 1. The summed E-state index contributed by atoms with van der Waals surface area (Å²) < 4.78 is 5.62. The van der Waals surface area contributed by atoms with E-state index in [-0.39, 0.29) is 18.4 Å². The van der Waals surface area contributed by atoms with Gasteiger partial charge in [-0.1, -0.05) is 0 Å². The molecule has 0 aromatic carbocycles. The molecular formula is C12H17NO3. The van der Waals surface area contributed by atoms with E-state index < -0.39 is 5.97 Å². The zero-order valence-corrected chi connectivity index (χ0v) is 9.64. The molecule has 4 heteroatoms. The second-order valence-electron chi connectivity index (χ2n) is 4.52. The Labute approximate surface area is 94.9 Å². The van der Waals surface area contributed by atoms with Crippen LogP contribution in [-0.4, -0.2) is 29.6 Å². The van der Waals surface area contributed by atoms with Crippen LogP contribution in [0.3, 0.4) is 0 Å². The molecule has 0 saturated carbocycles. The molecule has 1 aliphatic heterocycles. The van der Waals surface area contributed by atoms with E-state index in [0.29, 0.717) is 0 Å². The fraction of sp³-hybridized carbons (Fsp3) is 0.583. The van der Waals surface area contributed by atoms with E-state index in [9.17, 15) is 4.79 Å². The lowest BCUT2D eigenvalue weighted by atomic mass is 9.95. The first-order valence-corrected chi connectivity index (χ1v) is 5.56. The van der Waals surface area contributed by atoms with Crippen LogP contribution < -0.4 is 0 Å². The summed E-state index contributed by atoms with van der Waals surface area (Å²) in [5, 5.41) is 8.88. The predicted molar refractivity (Wildman–Crippen MR) is 59.2 cm³/mol. The zero-order chi connectivity index (χ0) is 11.7. The molecule has 4 nitrogen and oxygen atoms in total. The number of furan rings is 1. The number of hydrogen-bond acceptors (Lipinski definition) is 3. The lowest BCUT2D eigenvalue weighted by Crippen LogP contribution is -2.22. The van der Waals surface area contributed by atoms with Gasteiger partial charge in [0, 0.05) is 0 Å². The molecule has 0 unspecified atom stereocenters. The summed E-state index contributed by atoms with van der Waals surface area (Å²) in [5.74, 6) is 1.20. The Morgan fingerprint density at radius 3 is 2.94 bits per heavy atom. The molecule has 1 aromatic rings. The minimum atomic E-state index is -0.728. The molecule has 2 heterocycles. The van der Waals surface area contributed by atoms with Crippen LogP contribution >= 0.6 is 0 Å². The number of aryl methyl sites for hydroxylation is 1. The molecule has 1 saturated heterocycles. The average molecular weight is 223 g/mol. The van der Waals surface area contributed by atoms with Gasteiger partial charge in [-0.15, -0.1) is 0 Å². The molecule has 0 amide bonds. The van der Waals surface area contributed by atoms with Crippen molar-refractivity contribution >= 4 is 5.97 Å². The van der Waals surface area contributed by atoms with Gasteiger partial charge in [-0.25, -0.2) is 0 Å². The van der Waals surface area contributed by atoms with Crippen molar-refractivity contribution in [2.24, 2.45) is 5.92 Å². The summed E-state index contributed by atoms with van der Waals surface area (Å²) in [5.41, 5.74) is 0. The molecule has 2 atom stereocenters. The van der Waals surface area contributed by atoms with E-state index >= 15 is 0 Å². The maximum absolute atomic E-state index is 10.8. The quantitative estimate of drug-likeness (QED) is 0.852. The highest BCUT2D eigenvalue weighted by Gasteiger charge is 2.36. The Hall–Kier alpha value is -1.29. The standard InChI is InChI=1S/C12H17NO3/c1-8-3-4-10(16-8)12-9(7-11(14)15)5-6-13(12)2/h3-4,9,12H,5-7H2,1-2H3,(H,14,15)/t9-,12+/m1/s1. The maximum atomic E-state index is 10.8. The van der Waals surface area contributed by atoms with E-state index in [0.717, 1.165) is 24.5 Å². The summed E-state index contributed by atoms with van der Waals surface area (Å²) in [6, 6.07) is 4.00. The van der Waals surface area contributed by atoms with Gasteiger partial charge in [0.1, 0.15) is 11.5 Å². The molecule has 1 aliphatic rings. The molecule has 16 heavy (non-hydrogen) atoms. The monoisotopic (exact) mass is 223 g/mol. The first-order chi connectivity index (χ1) is 7.58. The van der Waals surface area contributed by atoms with Gasteiger partial charge < -0.3 is 9.52 Å². The van der Waals surface area contributed by atoms with Crippen LogP contribution in [0.25, 0.3) is 0 Å². The maximum Gasteiger partial charge on any atom is 0.303 e. The normalized spacial score (nSPS) is 26.1. The van der Waals surface area contributed by atoms with Crippen LogP contribution in [0, 0.1) is 12.8 Å². The van der Waals surface area contributed by atoms with Gasteiger partial charge in [-0.3, -0.25) is 9.69 Å². The third-order valence-electron chi connectivity index (χ3n) is 3.26. The number of carbonyl (C=O) groups is 1. The molecule has 0 bridgehead atoms. The van der Waals surface area contributed by atoms with Crippen molar-refractivity contribution in [2.45, 2.75) is 25.8 Å². The number of rotatable bonds is 3. The first kappa shape index (κ1) is 11.2. The lowest BCUT2D eigenvalue weighted by Gasteiger charge is -2.21. The highest BCUT2D eigenvalue weighted by atomic mass is 16.4. The predicted octanol–water partition coefficient (Wildman–Crippen LogP) is 2.06. The molecule has 0 spiro atoms. The molecule has 1 N–H and O–H groups in total. The largest absolute Gasteiger partial charge is 0.481 e. The SMILES string of the molecule is Cc1ccc([C@@H]2[C@@H](CC(=O)O)CCN2C)o1. The Bertz CT molecular complexity index is 385. The van der Waals surface area contributed by atoms with Crippen molar-refractivity contribution in [3.8, 4) is 0 Å². The van der Waals surface area contributed by atoms with Crippen molar-refractivity contribution in [1.82, 2.24) is 4.90 Å². The zero-order valence-electron chi connectivity index (χ0n) is 9.64. The van der Waals surface area contributed by atoms with Crippen molar-refractivity contribution in [1.29, 1.82) is 0 Å². The smallest absolute Gasteiger partial charge is 0.303 e. The fourth-order valence-electron chi connectivity index (χ4n) is 2.53. The number of hydrogen-bond donors (Lipinski definition) is 1. The van der Waals surface area contributed by atoms with Crippen molar-refractivity contribution in [2.75, 3.05) is 13.6 Å².